The summed E-state index contributed by atoms with van der Waals surface area (Å²) in [6.45, 7) is 1.82. The van der Waals surface area contributed by atoms with E-state index in [0.29, 0.717) is 12.2 Å². The molecule has 0 aliphatic carbocycles. The first kappa shape index (κ1) is 16.6. The Bertz CT molecular complexity index is 299. The summed E-state index contributed by atoms with van der Waals surface area (Å²) in [7, 11) is -11.6. The second kappa shape index (κ2) is 5.50. The molecule has 16 heavy (non-hydrogen) atoms. The highest BCUT2D eigenvalue weighted by Gasteiger charge is 2.57. The van der Waals surface area contributed by atoms with Gasteiger partial charge in [-0.2, -0.15) is 0 Å². The van der Waals surface area contributed by atoms with Gasteiger partial charge in [0.05, 0.1) is 6.26 Å². The van der Waals surface area contributed by atoms with Crippen LogP contribution in [0.2, 0.25) is 0 Å². The Balaban J connectivity index is 5.14. The highest BCUT2D eigenvalue weighted by atomic mass is 32.2. The first-order valence-electron chi connectivity index (χ1n) is 4.36. The molecule has 0 aromatic carbocycles. The highest BCUT2D eigenvalue weighted by molar-refractivity contribution is 7.97. The minimum atomic E-state index is -5.54. The van der Waals surface area contributed by atoms with Gasteiger partial charge in [-0.05, 0) is 17.3 Å². The van der Waals surface area contributed by atoms with Crippen molar-refractivity contribution in [1.82, 2.24) is 0 Å². The van der Waals surface area contributed by atoms with Crippen LogP contribution in [0.1, 0.15) is 13.3 Å². The van der Waals surface area contributed by atoms with Gasteiger partial charge in [-0.3, -0.25) is 4.57 Å². The SMILES string of the molecule is CCC[S+](C)CC(O)(P(=O)([O-])O)P(=O)(O)O. The van der Waals surface area contributed by atoms with E-state index in [1.165, 1.54) is 0 Å². The van der Waals surface area contributed by atoms with Crippen LogP contribution < -0.4 is 4.89 Å². The van der Waals surface area contributed by atoms with Crippen molar-refractivity contribution in [2.45, 2.75) is 18.4 Å². The first-order chi connectivity index (χ1) is 6.95. The molecule has 98 valence electrons. The van der Waals surface area contributed by atoms with Crippen LogP contribution in [0.25, 0.3) is 0 Å². The summed E-state index contributed by atoms with van der Waals surface area (Å²) in [6, 6.07) is 0. The molecule has 4 N–H and O–H groups in total. The highest BCUT2D eigenvalue weighted by Crippen LogP contribution is 2.65. The van der Waals surface area contributed by atoms with Gasteiger partial charge in [-0.25, -0.2) is 0 Å². The van der Waals surface area contributed by atoms with Crippen molar-refractivity contribution in [2.24, 2.45) is 0 Å². The van der Waals surface area contributed by atoms with E-state index in [9.17, 15) is 19.1 Å². The second-order valence-electron chi connectivity index (χ2n) is 3.47. The molecular formula is C6H16O7P2S. The standard InChI is InChI=1S/C6H16O7P2S/c1-3-4-16(2)5-6(7,14(8,9)10)15(11,12)13/h7H,3-5H2,1-2H3,(H3-,8,9,10,11,12,13). The third kappa shape index (κ3) is 3.82. The molecule has 10 heteroatoms. The molecule has 7 nitrogen and oxygen atoms in total. The van der Waals surface area contributed by atoms with Gasteiger partial charge in [0.1, 0.15) is 5.75 Å². The van der Waals surface area contributed by atoms with E-state index in [1.54, 1.807) is 6.26 Å². The van der Waals surface area contributed by atoms with Crippen molar-refractivity contribution in [1.29, 1.82) is 0 Å². The average molecular weight is 294 g/mol. The van der Waals surface area contributed by atoms with E-state index in [-0.39, 0.29) is 0 Å². The zero-order valence-electron chi connectivity index (χ0n) is 8.94. The molecule has 0 bridgehead atoms. The van der Waals surface area contributed by atoms with Gasteiger partial charge in [0, 0.05) is 0 Å². The predicted molar refractivity (Wildman–Crippen MR) is 60.1 cm³/mol. The van der Waals surface area contributed by atoms with Gasteiger partial charge in [0.25, 0.3) is 5.08 Å². The van der Waals surface area contributed by atoms with Crippen LogP contribution in [0, 0.1) is 0 Å². The van der Waals surface area contributed by atoms with Crippen molar-refractivity contribution in [3.63, 3.8) is 0 Å². The fourth-order valence-electron chi connectivity index (χ4n) is 1.08. The quantitative estimate of drug-likeness (QED) is 0.364. The van der Waals surface area contributed by atoms with Gasteiger partial charge in [-0.15, -0.1) is 0 Å². The Kier molecular flexibility index (Phi) is 5.71. The van der Waals surface area contributed by atoms with E-state index in [0.717, 1.165) is 0 Å². The Morgan fingerprint density at radius 2 is 1.75 bits per heavy atom. The summed E-state index contributed by atoms with van der Waals surface area (Å²) < 4.78 is 21.8. The molecule has 0 amide bonds. The molecule has 0 aliphatic heterocycles. The maximum Gasteiger partial charge on any atom is 0.370 e. The minimum Gasteiger partial charge on any atom is -0.776 e. The topological polar surface area (TPSA) is 138 Å². The molecule has 3 unspecified atom stereocenters. The van der Waals surface area contributed by atoms with Gasteiger partial charge in [-0.1, -0.05) is 6.92 Å². The first-order valence-corrected chi connectivity index (χ1v) is 9.53. The van der Waals surface area contributed by atoms with Crippen LogP contribution in [-0.2, 0) is 20.0 Å². The molecule has 0 spiro atoms. The Morgan fingerprint density at radius 1 is 1.31 bits per heavy atom. The van der Waals surface area contributed by atoms with Crippen molar-refractivity contribution < 1.29 is 33.8 Å². The number of hydrogen-bond acceptors (Lipinski definition) is 4. The lowest BCUT2D eigenvalue weighted by molar-refractivity contribution is -0.204. The lowest BCUT2D eigenvalue weighted by atomic mass is 10.6. The molecule has 0 aromatic heterocycles. The van der Waals surface area contributed by atoms with Gasteiger partial charge >= 0.3 is 7.60 Å². The fourth-order valence-corrected chi connectivity index (χ4v) is 6.55. The molecular weight excluding hydrogens is 278 g/mol. The Labute approximate surface area is 96.6 Å². The van der Waals surface area contributed by atoms with Crippen molar-refractivity contribution in [2.75, 3.05) is 17.8 Å². The average Bonchev–Trinajstić information content (AvgIpc) is 1.99. The van der Waals surface area contributed by atoms with Crippen LogP contribution in [0.15, 0.2) is 0 Å². The summed E-state index contributed by atoms with van der Waals surface area (Å²) in [5.41, 5.74) is 0. The summed E-state index contributed by atoms with van der Waals surface area (Å²) in [5, 5.41) is 6.13. The fraction of sp³-hybridized carbons (Fsp3) is 1.00. The molecule has 0 saturated heterocycles. The number of hydrogen-bond donors (Lipinski definition) is 4. The van der Waals surface area contributed by atoms with Crippen molar-refractivity contribution in [3.05, 3.63) is 0 Å². The molecule has 0 heterocycles. The lowest BCUT2D eigenvalue weighted by Crippen LogP contribution is -2.40. The Hall–Kier alpha value is 0.610. The van der Waals surface area contributed by atoms with Gasteiger partial charge in [0.2, 0.25) is 0 Å². The van der Waals surface area contributed by atoms with Crippen molar-refractivity contribution in [3.8, 4) is 0 Å². The minimum absolute atomic E-state index is 0.516. The number of aliphatic hydroxyl groups is 1. The maximum absolute atomic E-state index is 11.0. The largest absolute Gasteiger partial charge is 0.776 e. The van der Waals surface area contributed by atoms with Gasteiger partial charge in [0.15, 0.2) is 13.3 Å². The van der Waals surface area contributed by atoms with Crippen molar-refractivity contribution >= 4 is 26.1 Å². The van der Waals surface area contributed by atoms with Crippen LogP contribution in [0.3, 0.4) is 0 Å². The van der Waals surface area contributed by atoms with E-state index < -0.39 is 36.9 Å². The summed E-state index contributed by atoms with van der Waals surface area (Å²) >= 11 is 0. The van der Waals surface area contributed by atoms with E-state index in [1.807, 2.05) is 6.92 Å². The summed E-state index contributed by atoms with van der Waals surface area (Å²) in [6.07, 6.45) is 2.26. The lowest BCUT2D eigenvalue weighted by Gasteiger charge is -2.34. The van der Waals surface area contributed by atoms with Gasteiger partial charge < -0.3 is 29.2 Å². The third-order valence-electron chi connectivity index (χ3n) is 1.91. The molecule has 0 radical (unpaired) electrons. The third-order valence-corrected chi connectivity index (χ3v) is 8.05. The van der Waals surface area contributed by atoms with E-state index in [2.05, 4.69) is 0 Å². The summed E-state index contributed by atoms with van der Waals surface area (Å²) in [5.74, 6) is -0.148. The van der Waals surface area contributed by atoms with E-state index in [4.69, 9.17) is 14.7 Å². The van der Waals surface area contributed by atoms with Crippen LogP contribution in [0.4, 0.5) is 0 Å². The van der Waals surface area contributed by atoms with Crippen LogP contribution in [-0.4, -0.2) is 42.6 Å². The predicted octanol–water partition coefficient (Wildman–Crippen LogP) is -0.986. The van der Waals surface area contributed by atoms with Crippen LogP contribution >= 0.6 is 15.2 Å². The molecule has 0 aromatic rings. The van der Waals surface area contributed by atoms with Crippen LogP contribution in [0.5, 0.6) is 0 Å². The Morgan fingerprint density at radius 3 is 2.00 bits per heavy atom. The zero-order valence-corrected chi connectivity index (χ0v) is 11.5. The smallest absolute Gasteiger partial charge is 0.370 e. The second-order valence-corrected chi connectivity index (χ2v) is 9.69. The maximum atomic E-state index is 11.0. The van der Waals surface area contributed by atoms with E-state index >= 15 is 0 Å². The molecule has 0 fully saturated rings. The normalized spacial score (nSPS) is 22.2. The molecule has 3 atom stereocenters. The molecule has 0 aliphatic rings. The summed E-state index contributed by atoms with van der Waals surface area (Å²) in [4.78, 5) is 37.3. The molecule has 0 rings (SSSR count). The number of rotatable bonds is 6. The molecule has 0 saturated carbocycles. The zero-order chi connectivity index (χ0) is 13.2. The monoisotopic (exact) mass is 294 g/mol.